The van der Waals surface area contributed by atoms with E-state index in [0.29, 0.717) is 31.7 Å². The zero-order valence-corrected chi connectivity index (χ0v) is 15.2. The van der Waals surface area contributed by atoms with Gasteiger partial charge in [0.15, 0.2) is 0 Å². The molecule has 1 fully saturated rings. The highest BCUT2D eigenvalue weighted by Crippen LogP contribution is 2.29. The highest BCUT2D eigenvalue weighted by atomic mass is 16.6. The van der Waals surface area contributed by atoms with Crippen molar-refractivity contribution in [2.75, 3.05) is 32.6 Å². The minimum Gasteiger partial charge on any atom is -0.495 e. The highest BCUT2D eigenvalue weighted by molar-refractivity contribution is 5.96. The Labute approximate surface area is 151 Å². The summed E-state index contributed by atoms with van der Waals surface area (Å²) in [5, 5.41) is 16.3. The van der Waals surface area contributed by atoms with Crippen LogP contribution in [0.3, 0.4) is 0 Å². The van der Waals surface area contributed by atoms with E-state index in [2.05, 4.69) is 10.6 Å². The standard InChI is InChI=1S/C17H24N4O5/c1-11(20-8-6-12(7-9-20)17(23)18-2)16(22)19-14-10-13(21(24)25)4-5-15(14)26-3/h4-5,10-12H,6-9H2,1-3H3,(H,18,23)(H,19,22)/t11-/m0/s1. The minimum atomic E-state index is -0.526. The second kappa shape index (κ2) is 8.61. The van der Waals surface area contributed by atoms with Gasteiger partial charge in [0.2, 0.25) is 11.8 Å². The van der Waals surface area contributed by atoms with Crippen LogP contribution in [-0.4, -0.2) is 54.9 Å². The van der Waals surface area contributed by atoms with E-state index >= 15 is 0 Å². The molecular weight excluding hydrogens is 340 g/mol. The number of nitrogens with one attached hydrogen (secondary N) is 2. The van der Waals surface area contributed by atoms with Crippen LogP contribution in [0.25, 0.3) is 0 Å². The number of piperidine rings is 1. The van der Waals surface area contributed by atoms with Crippen LogP contribution >= 0.6 is 0 Å². The third-order valence-electron chi connectivity index (χ3n) is 4.73. The second-order valence-electron chi connectivity index (χ2n) is 6.23. The zero-order valence-electron chi connectivity index (χ0n) is 15.2. The van der Waals surface area contributed by atoms with E-state index in [-0.39, 0.29) is 29.1 Å². The molecule has 2 amide bonds. The monoisotopic (exact) mass is 364 g/mol. The summed E-state index contributed by atoms with van der Waals surface area (Å²) in [4.78, 5) is 36.7. The Bertz CT molecular complexity index is 686. The molecule has 0 aromatic heterocycles. The molecule has 26 heavy (non-hydrogen) atoms. The first-order valence-electron chi connectivity index (χ1n) is 8.46. The number of methoxy groups -OCH3 is 1. The van der Waals surface area contributed by atoms with Crippen LogP contribution in [0.15, 0.2) is 18.2 Å². The third kappa shape index (κ3) is 4.48. The lowest BCUT2D eigenvalue weighted by Gasteiger charge is -2.34. The first-order chi connectivity index (χ1) is 12.4. The van der Waals surface area contributed by atoms with Crippen LogP contribution in [0, 0.1) is 16.0 Å². The Hall–Kier alpha value is -2.68. The molecule has 2 N–H and O–H groups in total. The molecule has 1 aromatic carbocycles. The van der Waals surface area contributed by atoms with E-state index in [1.54, 1.807) is 14.0 Å². The lowest BCUT2D eigenvalue weighted by molar-refractivity contribution is -0.384. The fourth-order valence-electron chi connectivity index (χ4n) is 3.06. The third-order valence-corrected chi connectivity index (χ3v) is 4.73. The molecule has 1 atom stereocenters. The van der Waals surface area contributed by atoms with Crippen molar-refractivity contribution in [1.82, 2.24) is 10.2 Å². The van der Waals surface area contributed by atoms with Gasteiger partial charge in [0.25, 0.3) is 5.69 Å². The summed E-state index contributed by atoms with van der Waals surface area (Å²) in [5.74, 6) is 0.0862. The van der Waals surface area contributed by atoms with E-state index in [1.165, 1.54) is 25.3 Å². The van der Waals surface area contributed by atoms with Crippen LogP contribution in [0.4, 0.5) is 11.4 Å². The van der Waals surface area contributed by atoms with Gasteiger partial charge in [-0.3, -0.25) is 24.6 Å². The number of non-ortho nitro benzene ring substituents is 1. The van der Waals surface area contributed by atoms with Crippen molar-refractivity contribution in [2.24, 2.45) is 5.92 Å². The van der Waals surface area contributed by atoms with Gasteiger partial charge in [0.1, 0.15) is 5.75 Å². The Morgan fingerprint density at radius 3 is 2.54 bits per heavy atom. The van der Waals surface area contributed by atoms with Gasteiger partial charge in [-0.15, -0.1) is 0 Å². The summed E-state index contributed by atoms with van der Waals surface area (Å²) >= 11 is 0. The van der Waals surface area contributed by atoms with Crippen LogP contribution in [-0.2, 0) is 9.59 Å². The molecule has 0 radical (unpaired) electrons. The maximum absolute atomic E-state index is 12.6. The Morgan fingerprint density at radius 1 is 1.35 bits per heavy atom. The summed E-state index contributed by atoms with van der Waals surface area (Å²) in [6.45, 7) is 3.05. The molecule has 0 unspecified atom stereocenters. The van der Waals surface area contributed by atoms with E-state index in [9.17, 15) is 19.7 Å². The summed E-state index contributed by atoms with van der Waals surface area (Å²) in [5.41, 5.74) is 0.138. The van der Waals surface area contributed by atoms with Crippen molar-refractivity contribution >= 4 is 23.2 Å². The van der Waals surface area contributed by atoms with E-state index in [0.717, 1.165) is 0 Å². The average Bonchev–Trinajstić information content (AvgIpc) is 2.66. The van der Waals surface area contributed by atoms with Crippen molar-refractivity contribution in [2.45, 2.75) is 25.8 Å². The number of likely N-dealkylation sites (tertiary alicyclic amines) is 1. The fraction of sp³-hybridized carbons (Fsp3) is 0.529. The van der Waals surface area contributed by atoms with Crippen molar-refractivity contribution in [1.29, 1.82) is 0 Å². The zero-order chi connectivity index (χ0) is 19.3. The molecule has 1 aromatic rings. The molecule has 9 heteroatoms. The molecule has 0 spiro atoms. The summed E-state index contributed by atoms with van der Waals surface area (Å²) in [6.07, 6.45) is 1.38. The molecule has 1 saturated heterocycles. The van der Waals surface area contributed by atoms with E-state index in [4.69, 9.17) is 4.74 Å². The first kappa shape index (κ1) is 19.6. The van der Waals surface area contributed by atoms with Crippen molar-refractivity contribution < 1.29 is 19.2 Å². The average molecular weight is 364 g/mol. The molecule has 1 heterocycles. The second-order valence-corrected chi connectivity index (χ2v) is 6.23. The van der Waals surface area contributed by atoms with Gasteiger partial charge in [-0.25, -0.2) is 0 Å². The van der Waals surface area contributed by atoms with Gasteiger partial charge in [-0.05, 0) is 38.9 Å². The first-order valence-corrected chi connectivity index (χ1v) is 8.46. The van der Waals surface area contributed by atoms with Gasteiger partial charge < -0.3 is 15.4 Å². The Morgan fingerprint density at radius 2 is 2.00 bits per heavy atom. The number of carbonyl (C=O) groups excluding carboxylic acids is 2. The SMILES string of the molecule is CNC(=O)C1CCN([C@@H](C)C(=O)Nc2cc([N+](=O)[O-])ccc2OC)CC1. The molecule has 2 rings (SSSR count). The number of carbonyl (C=O) groups is 2. The summed E-state index contributed by atoms with van der Waals surface area (Å²) in [7, 11) is 3.06. The number of nitrogens with zero attached hydrogens (tertiary/aromatic N) is 2. The quantitative estimate of drug-likeness (QED) is 0.582. The largest absolute Gasteiger partial charge is 0.495 e. The lowest BCUT2D eigenvalue weighted by atomic mass is 9.95. The van der Waals surface area contributed by atoms with Crippen LogP contribution in [0.5, 0.6) is 5.75 Å². The van der Waals surface area contributed by atoms with Crippen LogP contribution in [0.1, 0.15) is 19.8 Å². The molecule has 1 aliphatic heterocycles. The van der Waals surface area contributed by atoms with Crippen LogP contribution in [0.2, 0.25) is 0 Å². The van der Waals surface area contributed by atoms with E-state index in [1.807, 2.05) is 4.90 Å². The van der Waals surface area contributed by atoms with Gasteiger partial charge in [0, 0.05) is 25.1 Å². The van der Waals surface area contributed by atoms with Gasteiger partial charge in [-0.1, -0.05) is 0 Å². The number of nitro benzene ring substituents is 1. The number of nitro groups is 1. The molecule has 0 aliphatic carbocycles. The Kier molecular flexibility index (Phi) is 6.51. The van der Waals surface area contributed by atoms with Gasteiger partial charge in [-0.2, -0.15) is 0 Å². The van der Waals surface area contributed by atoms with Gasteiger partial charge in [0.05, 0.1) is 23.8 Å². The summed E-state index contributed by atoms with van der Waals surface area (Å²) < 4.78 is 5.16. The lowest BCUT2D eigenvalue weighted by Crippen LogP contribution is -2.47. The molecule has 142 valence electrons. The summed E-state index contributed by atoms with van der Waals surface area (Å²) in [6, 6.07) is 3.63. The number of rotatable bonds is 6. The van der Waals surface area contributed by atoms with Crippen LogP contribution < -0.4 is 15.4 Å². The number of anilines is 1. The molecule has 0 bridgehead atoms. The number of hydrogen-bond donors (Lipinski definition) is 2. The predicted molar refractivity (Wildman–Crippen MR) is 96.1 cm³/mol. The normalized spacial score (nSPS) is 16.6. The van der Waals surface area contributed by atoms with Crippen molar-refractivity contribution in [3.63, 3.8) is 0 Å². The Balaban J connectivity index is 2.02. The van der Waals surface area contributed by atoms with Crippen molar-refractivity contribution in [3.05, 3.63) is 28.3 Å². The number of amides is 2. The number of hydrogen-bond acceptors (Lipinski definition) is 6. The van der Waals surface area contributed by atoms with Gasteiger partial charge >= 0.3 is 0 Å². The highest BCUT2D eigenvalue weighted by Gasteiger charge is 2.29. The smallest absolute Gasteiger partial charge is 0.271 e. The maximum atomic E-state index is 12.6. The number of benzene rings is 1. The maximum Gasteiger partial charge on any atom is 0.271 e. The topological polar surface area (TPSA) is 114 Å². The minimum absolute atomic E-state index is 0.0246. The molecule has 0 saturated carbocycles. The molecular formula is C17H24N4O5. The van der Waals surface area contributed by atoms with E-state index < -0.39 is 11.0 Å². The molecule has 9 nitrogen and oxygen atoms in total. The van der Waals surface area contributed by atoms with Crippen molar-refractivity contribution in [3.8, 4) is 5.75 Å². The predicted octanol–water partition coefficient (Wildman–Crippen LogP) is 1.39. The number of ether oxygens (including phenoxy) is 1. The fourth-order valence-corrected chi connectivity index (χ4v) is 3.06. The molecule has 1 aliphatic rings.